The summed E-state index contributed by atoms with van der Waals surface area (Å²) in [5, 5.41) is 4.67. The van der Waals surface area contributed by atoms with Gasteiger partial charge in [0.25, 0.3) is 0 Å². The highest BCUT2D eigenvalue weighted by Crippen LogP contribution is 2.25. The van der Waals surface area contributed by atoms with E-state index in [0.29, 0.717) is 29.2 Å². The Bertz CT molecular complexity index is 603. The first-order chi connectivity index (χ1) is 10.1. The highest BCUT2D eigenvalue weighted by molar-refractivity contribution is 6.31. The summed E-state index contributed by atoms with van der Waals surface area (Å²) in [6, 6.07) is 7.87. The maximum absolute atomic E-state index is 6.08. The lowest BCUT2D eigenvalue weighted by Gasteiger charge is -2.14. The highest BCUT2D eigenvalue weighted by Gasteiger charge is 2.07. The van der Waals surface area contributed by atoms with Crippen molar-refractivity contribution in [2.45, 2.75) is 33.0 Å². The largest absolute Gasteiger partial charge is 0.489 e. The van der Waals surface area contributed by atoms with Gasteiger partial charge in [0.1, 0.15) is 12.4 Å². The molecule has 1 aromatic heterocycles. The van der Waals surface area contributed by atoms with Crippen LogP contribution in [0.5, 0.6) is 5.75 Å². The number of rotatable bonds is 6. The Balaban J connectivity index is 2.10. The van der Waals surface area contributed by atoms with Crippen molar-refractivity contribution in [2.75, 3.05) is 0 Å². The van der Waals surface area contributed by atoms with E-state index in [-0.39, 0.29) is 0 Å². The molecule has 0 fully saturated rings. The molecule has 0 amide bonds. The first-order valence-corrected chi connectivity index (χ1v) is 7.55. The van der Waals surface area contributed by atoms with Crippen LogP contribution in [-0.2, 0) is 13.2 Å². The molecule has 0 aliphatic carbocycles. The second-order valence-corrected chi connectivity index (χ2v) is 5.89. The van der Waals surface area contributed by atoms with Crippen LogP contribution in [0.2, 0.25) is 10.0 Å². The van der Waals surface area contributed by atoms with E-state index in [1.807, 2.05) is 24.3 Å². The lowest BCUT2D eigenvalue weighted by Crippen LogP contribution is -2.22. The molecule has 0 saturated heterocycles. The molecular weight excluding hydrogens is 307 g/mol. The van der Waals surface area contributed by atoms with E-state index < -0.39 is 0 Å². The lowest BCUT2D eigenvalue weighted by molar-refractivity contribution is 0.301. The van der Waals surface area contributed by atoms with Crippen LogP contribution in [0.3, 0.4) is 0 Å². The smallest absolute Gasteiger partial charge is 0.124 e. The molecule has 1 N–H and O–H groups in total. The van der Waals surface area contributed by atoms with Gasteiger partial charge in [-0.1, -0.05) is 37.0 Å². The van der Waals surface area contributed by atoms with Crippen molar-refractivity contribution >= 4 is 23.2 Å². The summed E-state index contributed by atoms with van der Waals surface area (Å²) >= 11 is 12.1. The normalized spacial score (nSPS) is 10.9. The van der Waals surface area contributed by atoms with Crippen LogP contribution in [0.25, 0.3) is 0 Å². The Morgan fingerprint density at radius 2 is 2.00 bits per heavy atom. The fourth-order valence-electron chi connectivity index (χ4n) is 1.82. The lowest BCUT2D eigenvalue weighted by atomic mass is 10.2. The fourth-order valence-corrected chi connectivity index (χ4v) is 2.19. The maximum atomic E-state index is 6.08. The third-order valence-corrected chi connectivity index (χ3v) is 3.54. The first kappa shape index (κ1) is 16.1. The minimum Gasteiger partial charge on any atom is -0.489 e. The van der Waals surface area contributed by atoms with Gasteiger partial charge >= 0.3 is 0 Å². The van der Waals surface area contributed by atoms with Gasteiger partial charge in [-0.25, -0.2) is 0 Å². The summed E-state index contributed by atoms with van der Waals surface area (Å²) in [7, 11) is 0. The zero-order valence-corrected chi connectivity index (χ0v) is 13.6. The van der Waals surface area contributed by atoms with Gasteiger partial charge in [-0.15, -0.1) is 0 Å². The van der Waals surface area contributed by atoms with Crippen LogP contribution in [-0.4, -0.2) is 11.0 Å². The molecule has 112 valence electrons. The van der Waals surface area contributed by atoms with E-state index in [9.17, 15) is 0 Å². The minimum atomic E-state index is 0.395. The van der Waals surface area contributed by atoms with Crippen molar-refractivity contribution < 1.29 is 4.74 Å². The van der Waals surface area contributed by atoms with Crippen LogP contribution < -0.4 is 10.1 Å². The predicted octanol–water partition coefficient (Wildman–Crippen LogP) is 4.47. The minimum absolute atomic E-state index is 0.395. The number of nitrogens with one attached hydrogen (secondary N) is 1. The van der Waals surface area contributed by atoms with Crippen molar-refractivity contribution in [3.8, 4) is 5.75 Å². The number of ether oxygens (including phenoxy) is 1. The molecule has 0 aliphatic heterocycles. The van der Waals surface area contributed by atoms with E-state index in [0.717, 1.165) is 16.9 Å². The number of aromatic nitrogens is 1. The monoisotopic (exact) mass is 324 g/mol. The summed E-state index contributed by atoms with van der Waals surface area (Å²) in [5.41, 5.74) is 1.94. The molecule has 0 saturated carbocycles. The third kappa shape index (κ3) is 4.88. The number of hydrogen-bond acceptors (Lipinski definition) is 3. The van der Waals surface area contributed by atoms with Crippen molar-refractivity contribution in [2.24, 2.45) is 0 Å². The molecule has 0 aliphatic rings. The number of nitrogens with zero attached hydrogens (tertiary/aromatic N) is 1. The molecule has 0 spiro atoms. The molecule has 0 atom stereocenters. The average molecular weight is 325 g/mol. The number of benzene rings is 1. The molecule has 3 nitrogen and oxygen atoms in total. The first-order valence-electron chi connectivity index (χ1n) is 6.79. The number of halogens is 2. The maximum Gasteiger partial charge on any atom is 0.124 e. The highest BCUT2D eigenvalue weighted by atomic mass is 35.5. The van der Waals surface area contributed by atoms with Gasteiger partial charge in [0.05, 0.1) is 5.02 Å². The third-order valence-electron chi connectivity index (χ3n) is 2.96. The van der Waals surface area contributed by atoms with Gasteiger partial charge in [-0.3, -0.25) is 4.98 Å². The fraction of sp³-hybridized carbons (Fsp3) is 0.312. The van der Waals surface area contributed by atoms with Crippen LogP contribution in [0.15, 0.2) is 36.7 Å². The SMILES string of the molecule is CC(C)NCc1cc(Cl)ccc1OCc1ccncc1Cl. The van der Waals surface area contributed by atoms with Crippen LogP contribution in [0.4, 0.5) is 0 Å². The summed E-state index contributed by atoms with van der Waals surface area (Å²) in [5.74, 6) is 0.806. The standard InChI is InChI=1S/C16H18Cl2N2O/c1-11(2)20-8-13-7-14(17)3-4-16(13)21-10-12-5-6-19-9-15(12)18/h3-7,9,11,20H,8,10H2,1-2H3. The second-order valence-electron chi connectivity index (χ2n) is 5.04. The van der Waals surface area contributed by atoms with Gasteiger partial charge in [0, 0.05) is 41.1 Å². The molecular formula is C16H18Cl2N2O. The van der Waals surface area contributed by atoms with Crippen molar-refractivity contribution in [3.05, 3.63) is 57.8 Å². The van der Waals surface area contributed by atoms with Gasteiger partial charge in [0.15, 0.2) is 0 Å². The molecule has 21 heavy (non-hydrogen) atoms. The topological polar surface area (TPSA) is 34.1 Å². The second kappa shape index (κ2) is 7.64. The van der Waals surface area contributed by atoms with E-state index >= 15 is 0 Å². The quantitative estimate of drug-likeness (QED) is 0.851. The van der Waals surface area contributed by atoms with Crippen LogP contribution in [0, 0.1) is 0 Å². The summed E-state index contributed by atoms with van der Waals surface area (Å²) < 4.78 is 5.88. The van der Waals surface area contributed by atoms with E-state index in [1.165, 1.54) is 0 Å². The average Bonchev–Trinajstić information content (AvgIpc) is 2.45. The zero-order valence-electron chi connectivity index (χ0n) is 12.1. The van der Waals surface area contributed by atoms with Gasteiger partial charge < -0.3 is 10.1 Å². The van der Waals surface area contributed by atoms with Crippen molar-refractivity contribution in [1.82, 2.24) is 10.3 Å². The molecule has 0 unspecified atom stereocenters. The molecule has 2 aromatic rings. The van der Waals surface area contributed by atoms with Crippen molar-refractivity contribution in [3.63, 3.8) is 0 Å². The molecule has 2 rings (SSSR count). The van der Waals surface area contributed by atoms with Gasteiger partial charge in [-0.05, 0) is 24.3 Å². The molecule has 0 bridgehead atoms. The van der Waals surface area contributed by atoms with E-state index in [4.69, 9.17) is 27.9 Å². The summed E-state index contributed by atoms with van der Waals surface area (Å²) in [6.45, 7) is 5.30. The Kier molecular flexibility index (Phi) is 5.85. The zero-order chi connectivity index (χ0) is 15.2. The Labute approximate surface area is 135 Å². The van der Waals surface area contributed by atoms with Crippen LogP contribution in [0.1, 0.15) is 25.0 Å². The number of pyridine rings is 1. The molecule has 0 radical (unpaired) electrons. The summed E-state index contributed by atoms with van der Waals surface area (Å²) in [4.78, 5) is 3.96. The molecule has 1 heterocycles. The van der Waals surface area contributed by atoms with Crippen molar-refractivity contribution in [1.29, 1.82) is 0 Å². The Morgan fingerprint density at radius 1 is 1.19 bits per heavy atom. The van der Waals surface area contributed by atoms with Gasteiger partial charge in [0.2, 0.25) is 0 Å². The van der Waals surface area contributed by atoms with E-state index in [2.05, 4.69) is 24.1 Å². The predicted molar refractivity (Wildman–Crippen MR) is 87.0 cm³/mol. The number of hydrogen-bond donors (Lipinski definition) is 1. The molecule has 5 heteroatoms. The Morgan fingerprint density at radius 3 is 2.71 bits per heavy atom. The summed E-state index contributed by atoms with van der Waals surface area (Å²) in [6.07, 6.45) is 3.32. The molecule has 1 aromatic carbocycles. The van der Waals surface area contributed by atoms with Crippen LogP contribution >= 0.6 is 23.2 Å². The Hall–Kier alpha value is -1.29. The van der Waals surface area contributed by atoms with Gasteiger partial charge in [-0.2, -0.15) is 0 Å². The van der Waals surface area contributed by atoms with E-state index in [1.54, 1.807) is 12.4 Å².